The number of nitrogens with one attached hydrogen (secondary N) is 1. The fourth-order valence-corrected chi connectivity index (χ4v) is 2.89. The van der Waals surface area contributed by atoms with Gasteiger partial charge in [-0.1, -0.05) is 30.3 Å². The molecule has 0 fully saturated rings. The van der Waals surface area contributed by atoms with Gasteiger partial charge in [-0.15, -0.1) is 0 Å². The average molecular weight is 283 g/mol. The summed E-state index contributed by atoms with van der Waals surface area (Å²) in [7, 11) is 1.98. The molecule has 1 N–H and O–H groups in total. The van der Waals surface area contributed by atoms with Crippen LogP contribution < -0.4 is 14.8 Å². The molecule has 3 heteroatoms. The van der Waals surface area contributed by atoms with Gasteiger partial charge in [0.2, 0.25) is 0 Å². The summed E-state index contributed by atoms with van der Waals surface area (Å²) in [6.45, 7) is 3.47. The fourth-order valence-electron chi connectivity index (χ4n) is 2.89. The molecule has 0 amide bonds. The molecule has 1 heterocycles. The van der Waals surface area contributed by atoms with E-state index < -0.39 is 0 Å². The molecule has 21 heavy (non-hydrogen) atoms. The highest BCUT2D eigenvalue weighted by molar-refractivity contribution is 5.46. The van der Waals surface area contributed by atoms with Crippen molar-refractivity contribution in [2.45, 2.75) is 19.4 Å². The fraction of sp³-hybridized carbons (Fsp3) is 0.333. The highest BCUT2D eigenvalue weighted by Gasteiger charge is 2.19. The van der Waals surface area contributed by atoms with Crippen LogP contribution in [0.3, 0.4) is 0 Å². The van der Waals surface area contributed by atoms with Crippen LogP contribution >= 0.6 is 0 Å². The molecule has 0 aromatic heterocycles. The largest absolute Gasteiger partial charge is 0.494 e. The minimum Gasteiger partial charge on any atom is -0.494 e. The van der Waals surface area contributed by atoms with E-state index in [4.69, 9.17) is 9.47 Å². The van der Waals surface area contributed by atoms with Crippen molar-refractivity contribution in [1.29, 1.82) is 0 Å². The van der Waals surface area contributed by atoms with E-state index in [1.165, 1.54) is 16.7 Å². The molecule has 0 radical (unpaired) electrons. The summed E-state index contributed by atoms with van der Waals surface area (Å²) in [4.78, 5) is 0. The second kappa shape index (κ2) is 6.19. The van der Waals surface area contributed by atoms with Crippen molar-refractivity contribution >= 4 is 0 Å². The van der Waals surface area contributed by atoms with Crippen molar-refractivity contribution in [2.24, 2.45) is 0 Å². The van der Waals surface area contributed by atoms with Gasteiger partial charge >= 0.3 is 0 Å². The van der Waals surface area contributed by atoms with Crippen LogP contribution in [0.4, 0.5) is 0 Å². The van der Waals surface area contributed by atoms with E-state index in [1.807, 2.05) is 26.1 Å². The summed E-state index contributed by atoms with van der Waals surface area (Å²) in [6, 6.07) is 14.8. The van der Waals surface area contributed by atoms with Crippen LogP contribution in [0.15, 0.2) is 42.5 Å². The first-order valence-corrected chi connectivity index (χ1v) is 7.48. The average Bonchev–Trinajstić information content (AvgIpc) is 2.98. The standard InChI is InChI=1S/C18H21NO2/c1-3-20-17-7-5-4-6-15(17)18(19-2)14-8-9-16-13(12-14)10-11-21-16/h4-9,12,18-19H,3,10-11H2,1-2H3. The lowest BCUT2D eigenvalue weighted by Gasteiger charge is -2.21. The maximum atomic E-state index is 5.77. The van der Waals surface area contributed by atoms with Gasteiger partial charge in [-0.25, -0.2) is 0 Å². The van der Waals surface area contributed by atoms with Crippen molar-refractivity contribution in [1.82, 2.24) is 5.32 Å². The number of hydrogen-bond donors (Lipinski definition) is 1. The molecule has 3 rings (SSSR count). The molecule has 0 aliphatic carbocycles. The van der Waals surface area contributed by atoms with Crippen LogP contribution in [0.25, 0.3) is 0 Å². The number of para-hydroxylation sites is 1. The number of rotatable bonds is 5. The Balaban J connectivity index is 1.98. The molecule has 1 aliphatic heterocycles. The molecule has 1 unspecified atom stereocenters. The van der Waals surface area contributed by atoms with Gasteiger partial charge < -0.3 is 14.8 Å². The van der Waals surface area contributed by atoms with Gasteiger partial charge in [0.25, 0.3) is 0 Å². The van der Waals surface area contributed by atoms with Gasteiger partial charge in [-0.2, -0.15) is 0 Å². The zero-order chi connectivity index (χ0) is 14.7. The van der Waals surface area contributed by atoms with Crippen molar-refractivity contribution in [3.05, 3.63) is 59.2 Å². The van der Waals surface area contributed by atoms with E-state index in [-0.39, 0.29) is 6.04 Å². The third-order valence-corrected chi connectivity index (χ3v) is 3.87. The van der Waals surface area contributed by atoms with Crippen LogP contribution in [0.1, 0.15) is 29.7 Å². The molecule has 2 aromatic rings. The summed E-state index contributed by atoms with van der Waals surface area (Å²) < 4.78 is 11.4. The minimum atomic E-state index is 0.124. The van der Waals surface area contributed by atoms with E-state index in [9.17, 15) is 0 Å². The molecule has 0 spiro atoms. The maximum absolute atomic E-state index is 5.77. The Kier molecular flexibility index (Phi) is 4.11. The van der Waals surface area contributed by atoms with Crippen molar-refractivity contribution in [2.75, 3.05) is 20.3 Å². The van der Waals surface area contributed by atoms with E-state index in [0.717, 1.165) is 24.5 Å². The van der Waals surface area contributed by atoms with Gasteiger partial charge in [0.15, 0.2) is 0 Å². The predicted molar refractivity (Wildman–Crippen MR) is 84.2 cm³/mol. The molecule has 1 aliphatic rings. The molecule has 0 saturated carbocycles. The normalized spacial score (nSPS) is 14.4. The molecule has 3 nitrogen and oxygen atoms in total. The monoisotopic (exact) mass is 283 g/mol. The van der Waals surface area contributed by atoms with Crippen LogP contribution in [-0.4, -0.2) is 20.3 Å². The van der Waals surface area contributed by atoms with Crippen LogP contribution in [0.5, 0.6) is 11.5 Å². The van der Waals surface area contributed by atoms with Crippen LogP contribution in [0.2, 0.25) is 0 Å². The topological polar surface area (TPSA) is 30.5 Å². The molecular weight excluding hydrogens is 262 g/mol. The highest BCUT2D eigenvalue weighted by Crippen LogP contribution is 2.33. The lowest BCUT2D eigenvalue weighted by Crippen LogP contribution is -2.18. The molecule has 110 valence electrons. The maximum Gasteiger partial charge on any atom is 0.124 e. The predicted octanol–water partition coefficient (Wildman–Crippen LogP) is 3.33. The van der Waals surface area contributed by atoms with E-state index >= 15 is 0 Å². The lowest BCUT2D eigenvalue weighted by atomic mass is 9.96. The first-order chi connectivity index (χ1) is 10.3. The lowest BCUT2D eigenvalue weighted by molar-refractivity contribution is 0.334. The van der Waals surface area contributed by atoms with E-state index in [0.29, 0.717) is 6.61 Å². The Labute approximate surface area is 125 Å². The molecule has 1 atom stereocenters. The number of ether oxygens (including phenoxy) is 2. The Morgan fingerprint density at radius 1 is 1.24 bits per heavy atom. The van der Waals surface area contributed by atoms with Crippen molar-refractivity contribution < 1.29 is 9.47 Å². The Bertz CT molecular complexity index is 624. The van der Waals surface area contributed by atoms with Gasteiger partial charge in [0.05, 0.1) is 19.3 Å². The Hall–Kier alpha value is -2.00. The first-order valence-electron chi connectivity index (χ1n) is 7.48. The summed E-state index contributed by atoms with van der Waals surface area (Å²) in [5.41, 5.74) is 3.70. The van der Waals surface area contributed by atoms with Crippen LogP contribution in [-0.2, 0) is 6.42 Å². The summed E-state index contributed by atoms with van der Waals surface area (Å²) in [6.07, 6.45) is 0.993. The summed E-state index contributed by atoms with van der Waals surface area (Å²) in [5.74, 6) is 1.96. The SMILES string of the molecule is CCOc1ccccc1C(NC)c1ccc2c(c1)CCO2. The number of fused-ring (bicyclic) bond motifs is 1. The summed E-state index contributed by atoms with van der Waals surface area (Å²) in [5, 5.41) is 3.40. The molecule has 2 aromatic carbocycles. The third kappa shape index (κ3) is 2.74. The Morgan fingerprint density at radius 3 is 2.90 bits per heavy atom. The second-order valence-corrected chi connectivity index (χ2v) is 5.16. The number of hydrogen-bond acceptors (Lipinski definition) is 3. The zero-order valence-corrected chi connectivity index (χ0v) is 12.6. The van der Waals surface area contributed by atoms with Crippen molar-refractivity contribution in [3.8, 4) is 11.5 Å². The van der Waals surface area contributed by atoms with Gasteiger partial charge in [0.1, 0.15) is 11.5 Å². The van der Waals surface area contributed by atoms with E-state index in [2.05, 4.69) is 35.6 Å². The number of benzene rings is 2. The third-order valence-electron chi connectivity index (χ3n) is 3.87. The first kappa shape index (κ1) is 14.0. The molecule has 0 saturated heterocycles. The quantitative estimate of drug-likeness (QED) is 0.913. The smallest absolute Gasteiger partial charge is 0.124 e. The van der Waals surface area contributed by atoms with Crippen LogP contribution in [0, 0.1) is 0 Å². The van der Waals surface area contributed by atoms with E-state index in [1.54, 1.807) is 0 Å². The molecule has 0 bridgehead atoms. The van der Waals surface area contributed by atoms with Gasteiger partial charge in [0, 0.05) is 12.0 Å². The second-order valence-electron chi connectivity index (χ2n) is 5.16. The highest BCUT2D eigenvalue weighted by atomic mass is 16.5. The summed E-state index contributed by atoms with van der Waals surface area (Å²) >= 11 is 0. The van der Waals surface area contributed by atoms with Gasteiger partial charge in [-0.05, 0) is 37.2 Å². The Morgan fingerprint density at radius 2 is 2.10 bits per heavy atom. The van der Waals surface area contributed by atoms with Crippen molar-refractivity contribution in [3.63, 3.8) is 0 Å². The van der Waals surface area contributed by atoms with Gasteiger partial charge in [-0.3, -0.25) is 0 Å². The minimum absolute atomic E-state index is 0.124. The zero-order valence-electron chi connectivity index (χ0n) is 12.6. The molecular formula is C18H21NO2.